The number of fused-ring (bicyclic) bond motifs is 1. The Morgan fingerprint density at radius 2 is 1.84 bits per heavy atom. The van der Waals surface area contributed by atoms with E-state index in [0.717, 1.165) is 10.9 Å². The highest BCUT2D eigenvalue weighted by atomic mass is 16.6. The van der Waals surface area contributed by atoms with Crippen LogP contribution < -0.4 is 14.8 Å². The van der Waals surface area contributed by atoms with Gasteiger partial charge in [-0.2, -0.15) is 0 Å². The highest BCUT2D eigenvalue weighted by Crippen LogP contribution is 2.45. The van der Waals surface area contributed by atoms with Crippen molar-refractivity contribution in [2.24, 2.45) is 5.92 Å². The Bertz CT molecular complexity index is 1550. The molecule has 1 N–H and O–H groups in total. The number of rotatable bonds is 8. The van der Waals surface area contributed by atoms with Gasteiger partial charge in [-0.15, -0.1) is 6.58 Å². The number of ether oxygens (including phenoxy) is 4. The van der Waals surface area contributed by atoms with Gasteiger partial charge in [0.15, 0.2) is 0 Å². The van der Waals surface area contributed by atoms with Gasteiger partial charge < -0.3 is 24.3 Å². The second kappa shape index (κ2) is 11.6. The van der Waals surface area contributed by atoms with Crippen molar-refractivity contribution in [1.82, 2.24) is 15.2 Å². The van der Waals surface area contributed by atoms with E-state index in [0.29, 0.717) is 29.1 Å². The summed E-state index contributed by atoms with van der Waals surface area (Å²) in [4.78, 5) is 45.8. The Balaban J connectivity index is 1.46. The Labute approximate surface area is 251 Å². The first-order chi connectivity index (χ1) is 20.5. The van der Waals surface area contributed by atoms with E-state index in [2.05, 4.69) is 11.9 Å². The number of esters is 1. The van der Waals surface area contributed by atoms with Gasteiger partial charge >= 0.3 is 12.1 Å². The number of benzene rings is 2. The number of hydrogen-bond donors (Lipinski definition) is 1. The first-order valence-electron chi connectivity index (χ1n) is 14.2. The number of amides is 2. The summed E-state index contributed by atoms with van der Waals surface area (Å²) >= 11 is 0. The van der Waals surface area contributed by atoms with Gasteiger partial charge in [-0.1, -0.05) is 36.4 Å². The van der Waals surface area contributed by atoms with Crippen LogP contribution in [0.4, 0.5) is 4.79 Å². The third-order valence-corrected chi connectivity index (χ3v) is 7.73. The first kappa shape index (κ1) is 29.9. The maximum Gasteiger partial charge on any atom is 0.411 e. The summed E-state index contributed by atoms with van der Waals surface area (Å²) < 4.78 is 22.6. The van der Waals surface area contributed by atoms with E-state index in [1.165, 1.54) is 12.0 Å². The largest absolute Gasteiger partial charge is 0.497 e. The van der Waals surface area contributed by atoms with Crippen LogP contribution in [0.25, 0.3) is 22.2 Å². The molecule has 2 aliphatic rings. The maximum atomic E-state index is 13.7. The second-order valence-electron chi connectivity index (χ2n) is 11.9. The molecule has 0 unspecified atom stereocenters. The van der Waals surface area contributed by atoms with Crippen molar-refractivity contribution in [2.75, 3.05) is 20.8 Å². The normalized spacial score (nSPS) is 22.9. The number of hydrogen-bond acceptors (Lipinski definition) is 8. The molecule has 2 amide bonds. The average molecular weight is 588 g/mol. The molecule has 10 nitrogen and oxygen atoms in total. The molecule has 10 heteroatoms. The fourth-order valence-electron chi connectivity index (χ4n) is 5.48. The van der Waals surface area contributed by atoms with Crippen LogP contribution in [0, 0.1) is 5.92 Å². The van der Waals surface area contributed by atoms with E-state index in [4.69, 9.17) is 23.9 Å². The van der Waals surface area contributed by atoms with Crippen LogP contribution in [0.2, 0.25) is 0 Å². The molecule has 1 aromatic heterocycles. The fourth-order valence-corrected chi connectivity index (χ4v) is 5.48. The minimum absolute atomic E-state index is 0.101. The quantitative estimate of drug-likeness (QED) is 0.292. The molecule has 2 fully saturated rings. The van der Waals surface area contributed by atoms with E-state index in [9.17, 15) is 14.4 Å². The Hall–Kier alpha value is -4.60. The average Bonchev–Trinajstić information content (AvgIpc) is 3.54. The van der Waals surface area contributed by atoms with Crippen LogP contribution in [0.15, 0.2) is 67.3 Å². The fraction of sp³-hybridized carbons (Fsp3) is 0.394. The number of carbonyl (C=O) groups is 3. The Morgan fingerprint density at radius 3 is 2.47 bits per heavy atom. The number of likely N-dealkylation sites (tertiary alicyclic amines) is 1. The van der Waals surface area contributed by atoms with Gasteiger partial charge in [0.2, 0.25) is 5.91 Å². The zero-order chi connectivity index (χ0) is 30.9. The van der Waals surface area contributed by atoms with Crippen molar-refractivity contribution in [3.8, 4) is 22.8 Å². The molecule has 0 bridgehead atoms. The zero-order valence-electron chi connectivity index (χ0n) is 25.1. The van der Waals surface area contributed by atoms with Crippen LogP contribution in [0.5, 0.6) is 11.5 Å². The van der Waals surface area contributed by atoms with Gasteiger partial charge in [-0.3, -0.25) is 9.69 Å². The molecular formula is C33H37N3O7. The van der Waals surface area contributed by atoms with Crippen molar-refractivity contribution in [3.63, 3.8) is 0 Å². The maximum absolute atomic E-state index is 13.7. The SMILES string of the molecule is C=C[C@@H]1C[C@]1(NC(=O)[C@@H]1C[C@@H](Oc2cc(-c3ccccc3)nc3cc(OC)ccc23)CN1C(=O)OC(C)(C)C)C(=O)OC. The van der Waals surface area contributed by atoms with Crippen LogP contribution in [-0.4, -0.2) is 71.9 Å². The number of carbonyl (C=O) groups excluding carboxylic acids is 3. The highest BCUT2D eigenvalue weighted by Gasteiger charge is 2.62. The minimum atomic E-state index is -1.20. The van der Waals surface area contributed by atoms with Gasteiger partial charge in [0.25, 0.3) is 0 Å². The molecule has 4 atom stereocenters. The van der Waals surface area contributed by atoms with E-state index in [-0.39, 0.29) is 18.9 Å². The zero-order valence-corrected chi connectivity index (χ0v) is 25.1. The molecule has 2 aromatic carbocycles. The van der Waals surface area contributed by atoms with Crippen LogP contribution in [-0.2, 0) is 19.1 Å². The summed E-state index contributed by atoms with van der Waals surface area (Å²) in [5.74, 6) is -0.0821. The summed E-state index contributed by atoms with van der Waals surface area (Å²) in [5, 5.41) is 3.61. The van der Waals surface area contributed by atoms with Crippen LogP contribution in [0.1, 0.15) is 33.6 Å². The molecule has 43 heavy (non-hydrogen) atoms. The number of aromatic nitrogens is 1. The second-order valence-corrected chi connectivity index (χ2v) is 11.9. The molecule has 5 rings (SSSR count). The molecule has 1 saturated carbocycles. The number of pyridine rings is 1. The van der Waals surface area contributed by atoms with Gasteiger partial charge in [-0.05, 0) is 39.3 Å². The highest BCUT2D eigenvalue weighted by molar-refractivity contribution is 5.95. The molecular weight excluding hydrogens is 550 g/mol. The third-order valence-electron chi connectivity index (χ3n) is 7.73. The van der Waals surface area contributed by atoms with Crippen molar-refractivity contribution < 1.29 is 33.3 Å². The Morgan fingerprint density at radius 1 is 1.09 bits per heavy atom. The summed E-state index contributed by atoms with van der Waals surface area (Å²) in [6.45, 7) is 9.16. The monoisotopic (exact) mass is 587 g/mol. The van der Waals surface area contributed by atoms with Gasteiger partial charge in [0, 0.05) is 35.4 Å². The first-order valence-corrected chi connectivity index (χ1v) is 14.2. The predicted molar refractivity (Wildman–Crippen MR) is 161 cm³/mol. The molecule has 1 saturated heterocycles. The molecule has 1 aliphatic heterocycles. The summed E-state index contributed by atoms with van der Waals surface area (Å²) in [6, 6.07) is 16.2. The molecule has 0 spiro atoms. The lowest BCUT2D eigenvalue weighted by Crippen LogP contribution is -2.53. The lowest BCUT2D eigenvalue weighted by atomic mass is 10.1. The van der Waals surface area contributed by atoms with Gasteiger partial charge in [-0.25, -0.2) is 14.6 Å². The summed E-state index contributed by atoms with van der Waals surface area (Å²) in [5.41, 5.74) is 0.315. The predicted octanol–water partition coefficient (Wildman–Crippen LogP) is 4.90. The molecule has 3 aromatic rings. The molecule has 0 radical (unpaired) electrons. The molecule has 226 valence electrons. The Kier molecular flexibility index (Phi) is 8.05. The van der Waals surface area contributed by atoms with E-state index in [1.807, 2.05) is 54.6 Å². The van der Waals surface area contributed by atoms with E-state index in [1.54, 1.807) is 34.0 Å². The van der Waals surface area contributed by atoms with Crippen LogP contribution >= 0.6 is 0 Å². The van der Waals surface area contributed by atoms with Crippen molar-refractivity contribution in [1.29, 1.82) is 0 Å². The smallest absolute Gasteiger partial charge is 0.411 e. The minimum Gasteiger partial charge on any atom is -0.497 e. The van der Waals surface area contributed by atoms with Crippen molar-refractivity contribution in [3.05, 3.63) is 67.3 Å². The van der Waals surface area contributed by atoms with E-state index < -0.39 is 41.3 Å². The lowest BCUT2D eigenvalue weighted by molar-refractivity contribution is -0.147. The van der Waals surface area contributed by atoms with Gasteiger partial charge in [0.1, 0.15) is 34.8 Å². The standard InChI is InChI=1S/C33H37N3O7/c1-7-21-18-33(21,30(38)41-6)35-29(37)27-16-23(19-36(27)31(39)43-32(2,3)4)42-28-17-25(20-11-9-8-10-12-20)34-26-15-22(40-5)13-14-24(26)28/h7-15,17,21,23,27H,1,16,18-19H2,2-6H3,(H,35,37)/t21-,23-,27+,33-/m1/s1. The third kappa shape index (κ3) is 6.14. The number of methoxy groups -OCH3 is 2. The number of nitrogens with one attached hydrogen (secondary N) is 1. The summed E-state index contributed by atoms with van der Waals surface area (Å²) in [7, 11) is 2.87. The van der Waals surface area contributed by atoms with Gasteiger partial charge in [0.05, 0.1) is 32.0 Å². The lowest BCUT2D eigenvalue weighted by Gasteiger charge is -2.28. The number of nitrogens with zero attached hydrogens (tertiary/aromatic N) is 2. The van der Waals surface area contributed by atoms with E-state index >= 15 is 0 Å². The molecule has 1 aliphatic carbocycles. The van der Waals surface area contributed by atoms with Crippen molar-refractivity contribution >= 4 is 28.9 Å². The summed E-state index contributed by atoms with van der Waals surface area (Å²) in [6.07, 6.45) is 0.987. The topological polar surface area (TPSA) is 116 Å². The molecule has 2 heterocycles. The van der Waals surface area contributed by atoms with Crippen molar-refractivity contribution in [2.45, 2.75) is 56.9 Å². The van der Waals surface area contributed by atoms with Crippen LogP contribution in [0.3, 0.4) is 0 Å².